The van der Waals surface area contributed by atoms with Crippen molar-refractivity contribution in [2.24, 2.45) is 0 Å². The molecular formula is C2H2N4O4S. The van der Waals surface area contributed by atoms with Crippen molar-refractivity contribution < 1.29 is 13.3 Å². The van der Waals surface area contributed by atoms with Gasteiger partial charge >= 0.3 is 5.95 Å². The number of hydrogen-bond donors (Lipinski definition) is 1. The third-order valence-electron chi connectivity index (χ3n) is 0.799. The van der Waals surface area contributed by atoms with Crippen LogP contribution in [0.4, 0.5) is 5.95 Å². The molecule has 1 heterocycles. The lowest BCUT2D eigenvalue weighted by atomic mass is 11.1. The summed E-state index contributed by atoms with van der Waals surface area (Å²) in [5, 5.41) is 12.9. The van der Waals surface area contributed by atoms with Gasteiger partial charge in [-0.15, -0.1) is 0 Å². The van der Waals surface area contributed by atoms with Crippen molar-refractivity contribution in [3.8, 4) is 0 Å². The van der Waals surface area contributed by atoms with E-state index >= 15 is 0 Å². The van der Waals surface area contributed by atoms with E-state index in [0.717, 1.165) is 6.33 Å². The van der Waals surface area contributed by atoms with Crippen LogP contribution in [0.5, 0.6) is 0 Å². The number of rotatable bonds is 2. The average molecular weight is 178 g/mol. The van der Waals surface area contributed by atoms with Crippen LogP contribution < -0.4 is 0 Å². The van der Waals surface area contributed by atoms with Gasteiger partial charge < -0.3 is 10.1 Å². The number of thiol groups is 1. The smallest absolute Gasteiger partial charge is 0.390 e. The lowest BCUT2D eigenvalue weighted by Crippen LogP contribution is -1.97. The maximum atomic E-state index is 10.1. The Morgan fingerprint density at radius 3 is 2.55 bits per heavy atom. The van der Waals surface area contributed by atoms with Crippen LogP contribution in [-0.2, 0) is 10.9 Å². The van der Waals surface area contributed by atoms with Gasteiger partial charge in [-0.3, -0.25) is 0 Å². The van der Waals surface area contributed by atoms with E-state index < -0.39 is 21.8 Å². The summed E-state index contributed by atoms with van der Waals surface area (Å²) in [5.41, 5.74) is 0. The topological polar surface area (TPSA) is 108 Å². The summed E-state index contributed by atoms with van der Waals surface area (Å²) in [7, 11) is -2.96. The van der Waals surface area contributed by atoms with Gasteiger partial charge in [0, 0.05) is 5.10 Å². The van der Waals surface area contributed by atoms with E-state index in [2.05, 4.69) is 10.1 Å². The predicted octanol–water partition coefficient (Wildman–Crippen LogP) is -1.44. The molecule has 60 valence electrons. The lowest BCUT2D eigenvalue weighted by Gasteiger charge is -1.81. The van der Waals surface area contributed by atoms with Crippen LogP contribution >= 0.6 is 0 Å². The maximum Gasteiger partial charge on any atom is 0.491 e. The molecule has 9 heteroatoms. The van der Waals surface area contributed by atoms with Crippen molar-refractivity contribution in [2.45, 2.75) is 0 Å². The summed E-state index contributed by atoms with van der Waals surface area (Å²) >= 11 is 0. The van der Waals surface area contributed by atoms with Crippen LogP contribution in [-0.4, -0.2) is 27.5 Å². The molecule has 0 spiro atoms. The first-order chi connectivity index (χ1) is 5.11. The summed E-state index contributed by atoms with van der Waals surface area (Å²) in [4.78, 5) is 12.1. The number of nitro groups is 1. The van der Waals surface area contributed by atoms with Crippen LogP contribution in [0.15, 0.2) is 6.33 Å². The largest absolute Gasteiger partial charge is 0.491 e. The molecule has 0 fully saturated rings. The highest BCUT2D eigenvalue weighted by Crippen LogP contribution is 1.97. The van der Waals surface area contributed by atoms with Gasteiger partial charge in [0.25, 0.3) is 10.9 Å². The molecule has 0 aliphatic carbocycles. The van der Waals surface area contributed by atoms with Crippen molar-refractivity contribution in [1.82, 2.24) is 14.2 Å². The zero-order valence-corrected chi connectivity index (χ0v) is 5.84. The molecule has 0 aliphatic heterocycles. The molecule has 0 aromatic carbocycles. The van der Waals surface area contributed by atoms with E-state index in [9.17, 15) is 18.5 Å². The zero-order valence-electron chi connectivity index (χ0n) is 4.95. The molecule has 0 atom stereocenters. The van der Waals surface area contributed by atoms with E-state index in [1.54, 1.807) is 0 Å². The molecule has 0 N–H and O–H groups in total. The molecule has 0 amide bonds. The minimum absolute atomic E-state index is 0.396. The van der Waals surface area contributed by atoms with Gasteiger partial charge in [0.05, 0.1) is 0 Å². The minimum Gasteiger partial charge on any atom is -0.390 e. The Bertz CT molecular complexity index is 345. The van der Waals surface area contributed by atoms with E-state index in [1.807, 2.05) is 0 Å². The molecule has 0 bridgehead atoms. The van der Waals surface area contributed by atoms with Gasteiger partial charge in [-0.25, -0.2) is 8.42 Å². The average Bonchev–Trinajstić information content (AvgIpc) is 2.33. The van der Waals surface area contributed by atoms with Crippen LogP contribution in [0.2, 0.25) is 0 Å². The van der Waals surface area contributed by atoms with E-state index in [-0.39, 0.29) is 0 Å². The molecule has 0 saturated heterocycles. The fourth-order valence-electron chi connectivity index (χ4n) is 0.409. The Morgan fingerprint density at radius 2 is 2.27 bits per heavy atom. The first-order valence-electron chi connectivity index (χ1n) is 2.32. The van der Waals surface area contributed by atoms with E-state index in [0.29, 0.717) is 4.09 Å². The fourth-order valence-corrected chi connectivity index (χ4v) is 0.698. The molecule has 11 heavy (non-hydrogen) atoms. The van der Waals surface area contributed by atoms with Gasteiger partial charge in [0.1, 0.15) is 0 Å². The second-order valence-corrected chi connectivity index (χ2v) is 2.35. The quantitative estimate of drug-likeness (QED) is 0.337. The van der Waals surface area contributed by atoms with Gasteiger partial charge in [0.15, 0.2) is 0 Å². The zero-order chi connectivity index (χ0) is 8.43. The van der Waals surface area contributed by atoms with Gasteiger partial charge in [-0.1, -0.05) is 4.09 Å². The molecule has 1 aromatic heterocycles. The number of nitrogens with zero attached hydrogens (tertiary/aromatic N) is 4. The summed E-state index contributed by atoms with van der Waals surface area (Å²) in [6, 6.07) is 0. The van der Waals surface area contributed by atoms with Crippen LogP contribution in [0.25, 0.3) is 0 Å². The second kappa shape index (κ2) is 2.62. The first-order valence-corrected chi connectivity index (χ1v) is 3.45. The van der Waals surface area contributed by atoms with Gasteiger partial charge in [-0.05, 0) is 9.91 Å². The van der Waals surface area contributed by atoms with Crippen LogP contribution in [0, 0.1) is 10.1 Å². The second-order valence-electron chi connectivity index (χ2n) is 1.46. The molecule has 0 aliphatic rings. The SMILES string of the molecule is O=[N+]([O-])c1ncn([SH](=O)=O)n1. The Balaban J connectivity index is 3.09. The Hall–Kier alpha value is -1.51. The first kappa shape index (κ1) is 7.60. The van der Waals surface area contributed by atoms with Gasteiger partial charge in [0.2, 0.25) is 6.33 Å². The lowest BCUT2D eigenvalue weighted by molar-refractivity contribution is -0.394. The molecule has 1 aromatic rings. The third-order valence-corrected chi connectivity index (χ3v) is 1.33. The highest BCUT2D eigenvalue weighted by molar-refractivity contribution is 7.70. The maximum absolute atomic E-state index is 10.1. The highest BCUT2D eigenvalue weighted by atomic mass is 32.2. The number of hydrogen-bond acceptors (Lipinski definition) is 6. The molecule has 8 nitrogen and oxygen atoms in total. The summed E-state index contributed by atoms with van der Waals surface area (Å²) in [5.74, 6) is -0.732. The van der Waals surface area contributed by atoms with Crippen LogP contribution in [0.1, 0.15) is 0 Å². The Labute approximate surface area is 61.7 Å². The van der Waals surface area contributed by atoms with E-state index in [4.69, 9.17) is 0 Å². The monoisotopic (exact) mass is 178 g/mol. The molecule has 0 unspecified atom stereocenters. The summed E-state index contributed by atoms with van der Waals surface area (Å²) in [6.45, 7) is 0. The number of aromatic nitrogens is 3. The van der Waals surface area contributed by atoms with Crippen molar-refractivity contribution in [3.05, 3.63) is 16.4 Å². The summed E-state index contributed by atoms with van der Waals surface area (Å²) in [6.07, 6.45) is 0.754. The van der Waals surface area contributed by atoms with Crippen molar-refractivity contribution in [1.29, 1.82) is 0 Å². The normalized spacial score (nSPS) is 10.3. The van der Waals surface area contributed by atoms with Crippen molar-refractivity contribution >= 4 is 16.8 Å². The Kier molecular flexibility index (Phi) is 1.81. The molecule has 1 rings (SSSR count). The highest BCUT2D eigenvalue weighted by Gasteiger charge is 2.13. The third kappa shape index (κ3) is 1.49. The molecule has 0 radical (unpaired) electrons. The van der Waals surface area contributed by atoms with E-state index in [1.165, 1.54) is 0 Å². The molecular weight excluding hydrogens is 176 g/mol. The predicted molar refractivity (Wildman–Crippen MR) is 32.4 cm³/mol. The minimum atomic E-state index is -2.96. The molecule has 0 saturated carbocycles. The van der Waals surface area contributed by atoms with Crippen molar-refractivity contribution in [2.75, 3.05) is 0 Å². The van der Waals surface area contributed by atoms with Crippen LogP contribution in [0.3, 0.4) is 0 Å². The fraction of sp³-hybridized carbons (Fsp3) is 0. The standard InChI is InChI=1S/C2H2N4O4S/c7-6(8)2-3-1-5(4-2)11(9)10/h1,11H. The van der Waals surface area contributed by atoms with Gasteiger partial charge in [-0.2, -0.15) is 0 Å². The Morgan fingerprint density at radius 1 is 1.64 bits per heavy atom. The van der Waals surface area contributed by atoms with Crippen molar-refractivity contribution in [3.63, 3.8) is 0 Å². The summed E-state index contributed by atoms with van der Waals surface area (Å²) < 4.78 is 20.6.